The Morgan fingerprint density at radius 1 is 1.09 bits per heavy atom. The van der Waals surface area contributed by atoms with E-state index in [1.54, 1.807) is 12.1 Å². The van der Waals surface area contributed by atoms with Crippen LogP contribution in [0.15, 0.2) is 42.5 Å². The second-order valence-corrected chi connectivity index (χ2v) is 5.91. The van der Waals surface area contributed by atoms with Gasteiger partial charge in [-0.1, -0.05) is 12.1 Å². The second-order valence-electron chi connectivity index (χ2n) is 5.91. The van der Waals surface area contributed by atoms with Gasteiger partial charge >= 0.3 is 5.97 Å². The Morgan fingerprint density at radius 3 is 2.26 bits per heavy atom. The molecule has 2 aromatic rings. The van der Waals surface area contributed by atoms with Gasteiger partial charge in [0.1, 0.15) is 17.5 Å². The van der Waals surface area contributed by atoms with Gasteiger partial charge in [0.05, 0.1) is 12.5 Å². The summed E-state index contributed by atoms with van der Waals surface area (Å²) < 4.78 is 44.7. The average Bonchev–Trinajstić information content (AvgIpc) is 3.21. The fourth-order valence-electron chi connectivity index (χ4n) is 3.21. The van der Waals surface area contributed by atoms with E-state index in [2.05, 4.69) is 0 Å². The molecule has 2 unspecified atom stereocenters. The minimum absolute atomic E-state index is 0.151. The van der Waals surface area contributed by atoms with E-state index in [9.17, 15) is 18.0 Å². The van der Waals surface area contributed by atoms with Gasteiger partial charge in [0.2, 0.25) is 0 Å². The van der Waals surface area contributed by atoms with E-state index in [0.717, 1.165) is 11.6 Å². The van der Waals surface area contributed by atoms with Gasteiger partial charge < -0.3 is 4.74 Å². The number of hydrogen-bond acceptors (Lipinski definition) is 2. The van der Waals surface area contributed by atoms with Crippen LogP contribution in [0, 0.1) is 22.9 Å². The highest BCUT2D eigenvalue weighted by atomic mass is 19.1. The zero-order valence-electron chi connectivity index (χ0n) is 12.5. The summed E-state index contributed by atoms with van der Waals surface area (Å²) in [5.74, 6) is -2.29. The first kappa shape index (κ1) is 15.6. The first-order valence-corrected chi connectivity index (χ1v) is 7.23. The fraction of sp³-hybridized carbons (Fsp3) is 0.278. The van der Waals surface area contributed by atoms with Crippen LogP contribution in [0.3, 0.4) is 0 Å². The molecule has 0 radical (unpaired) electrons. The van der Waals surface area contributed by atoms with Crippen LogP contribution in [-0.4, -0.2) is 13.1 Å². The molecular formula is C18H15F3O2. The largest absolute Gasteiger partial charge is 0.469 e. The molecule has 2 nitrogen and oxygen atoms in total. The molecule has 2 atom stereocenters. The Balaban J connectivity index is 1.90. The van der Waals surface area contributed by atoms with Gasteiger partial charge in [-0.25, -0.2) is 13.2 Å². The maximum absolute atomic E-state index is 13.4. The van der Waals surface area contributed by atoms with Crippen molar-refractivity contribution in [1.29, 1.82) is 0 Å². The van der Waals surface area contributed by atoms with Crippen molar-refractivity contribution in [2.24, 2.45) is 5.41 Å². The Hall–Kier alpha value is -2.30. The van der Waals surface area contributed by atoms with Crippen LogP contribution >= 0.6 is 0 Å². The summed E-state index contributed by atoms with van der Waals surface area (Å²) >= 11 is 0. The molecule has 0 saturated heterocycles. The number of ether oxygens (including phenoxy) is 1. The predicted octanol–water partition coefficient (Wildman–Crippen LogP) is 3.99. The molecule has 3 rings (SSSR count). The Bertz CT molecular complexity index is 722. The molecule has 1 aliphatic carbocycles. The molecule has 0 bridgehead atoms. The van der Waals surface area contributed by atoms with Crippen molar-refractivity contribution in [3.8, 4) is 0 Å². The molecule has 1 saturated carbocycles. The van der Waals surface area contributed by atoms with Crippen molar-refractivity contribution in [3.63, 3.8) is 0 Å². The molecule has 0 aliphatic heterocycles. The summed E-state index contributed by atoms with van der Waals surface area (Å²) in [6, 6.07) is 9.13. The lowest BCUT2D eigenvalue weighted by atomic mass is 9.91. The summed E-state index contributed by atoms with van der Waals surface area (Å²) in [6.45, 7) is 0. The van der Waals surface area contributed by atoms with E-state index < -0.39 is 23.0 Å². The molecule has 23 heavy (non-hydrogen) atoms. The van der Waals surface area contributed by atoms with E-state index in [1.807, 2.05) is 0 Å². The maximum atomic E-state index is 13.4. The number of benzene rings is 2. The van der Waals surface area contributed by atoms with E-state index in [0.29, 0.717) is 12.0 Å². The van der Waals surface area contributed by atoms with Crippen LogP contribution in [0.4, 0.5) is 13.2 Å². The predicted molar refractivity (Wildman–Crippen MR) is 78.3 cm³/mol. The zero-order valence-corrected chi connectivity index (χ0v) is 12.5. The quantitative estimate of drug-likeness (QED) is 0.796. The van der Waals surface area contributed by atoms with E-state index in [-0.39, 0.29) is 18.2 Å². The summed E-state index contributed by atoms with van der Waals surface area (Å²) in [7, 11) is 1.29. The molecule has 0 aromatic heterocycles. The van der Waals surface area contributed by atoms with Crippen LogP contribution in [0.1, 0.15) is 23.5 Å². The lowest BCUT2D eigenvalue weighted by Crippen LogP contribution is -2.22. The van der Waals surface area contributed by atoms with Crippen LogP contribution < -0.4 is 0 Å². The highest BCUT2D eigenvalue weighted by Crippen LogP contribution is 2.61. The molecule has 120 valence electrons. The van der Waals surface area contributed by atoms with Crippen LogP contribution in [-0.2, 0) is 16.0 Å². The number of hydrogen-bond donors (Lipinski definition) is 0. The van der Waals surface area contributed by atoms with Crippen molar-refractivity contribution in [2.45, 2.75) is 18.8 Å². The van der Waals surface area contributed by atoms with Crippen LogP contribution in [0.2, 0.25) is 0 Å². The fourth-order valence-corrected chi connectivity index (χ4v) is 3.21. The first-order valence-electron chi connectivity index (χ1n) is 7.23. The lowest BCUT2D eigenvalue weighted by molar-refractivity contribution is -0.147. The maximum Gasteiger partial charge on any atom is 0.312 e. The third-order valence-corrected chi connectivity index (χ3v) is 4.38. The van der Waals surface area contributed by atoms with Gasteiger partial charge in [0.25, 0.3) is 0 Å². The van der Waals surface area contributed by atoms with Crippen molar-refractivity contribution in [1.82, 2.24) is 0 Å². The number of rotatable bonds is 4. The number of methoxy groups -OCH3 is 1. The molecule has 1 fully saturated rings. The third kappa shape index (κ3) is 2.96. The molecule has 1 aliphatic rings. The van der Waals surface area contributed by atoms with E-state index in [1.165, 1.54) is 31.4 Å². The summed E-state index contributed by atoms with van der Waals surface area (Å²) in [5.41, 5.74) is 0.360. The van der Waals surface area contributed by atoms with E-state index in [4.69, 9.17) is 4.74 Å². The summed E-state index contributed by atoms with van der Waals surface area (Å²) in [5, 5.41) is 0. The summed E-state index contributed by atoms with van der Waals surface area (Å²) in [4.78, 5) is 12.2. The third-order valence-electron chi connectivity index (χ3n) is 4.38. The topological polar surface area (TPSA) is 26.3 Å². The van der Waals surface area contributed by atoms with E-state index >= 15 is 0 Å². The minimum atomic E-state index is -0.854. The number of esters is 1. The molecule has 0 N–H and O–H groups in total. The zero-order chi connectivity index (χ0) is 16.6. The Kier molecular flexibility index (Phi) is 3.88. The molecule has 5 heteroatoms. The van der Waals surface area contributed by atoms with Crippen molar-refractivity contribution in [3.05, 3.63) is 71.0 Å². The Labute approximate surface area is 131 Å². The molecule has 2 aromatic carbocycles. The number of carbonyl (C=O) groups is 1. The highest BCUT2D eigenvalue weighted by molar-refractivity contribution is 5.82. The molecular weight excluding hydrogens is 305 g/mol. The van der Waals surface area contributed by atoms with Crippen molar-refractivity contribution >= 4 is 5.97 Å². The number of carbonyl (C=O) groups excluding carboxylic acids is 1. The molecule has 0 amide bonds. The van der Waals surface area contributed by atoms with Crippen molar-refractivity contribution in [2.75, 3.05) is 7.11 Å². The van der Waals surface area contributed by atoms with Crippen molar-refractivity contribution < 1.29 is 22.7 Å². The van der Waals surface area contributed by atoms with Gasteiger partial charge in [0.15, 0.2) is 0 Å². The highest BCUT2D eigenvalue weighted by Gasteiger charge is 2.61. The minimum Gasteiger partial charge on any atom is -0.469 e. The molecule has 0 heterocycles. The van der Waals surface area contributed by atoms with Gasteiger partial charge in [-0.15, -0.1) is 0 Å². The van der Waals surface area contributed by atoms with Gasteiger partial charge in [-0.3, -0.25) is 4.79 Å². The number of halogens is 3. The lowest BCUT2D eigenvalue weighted by Gasteiger charge is -2.15. The monoisotopic (exact) mass is 320 g/mol. The second kappa shape index (κ2) is 5.72. The van der Waals surface area contributed by atoms with Crippen LogP contribution in [0.25, 0.3) is 0 Å². The Morgan fingerprint density at radius 2 is 1.70 bits per heavy atom. The van der Waals surface area contributed by atoms with Gasteiger partial charge in [-0.05, 0) is 48.2 Å². The smallest absolute Gasteiger partial charge is 0.312 e. The average molecular weight is 320 g/mol. The van der Waals surface area contributed by atoms with Gasteiger partial charge in [-0.2, -0.15) is 0 Å². The van der Waals surface area contributed by atoms with Gasteiger partial charge in [0, 0.05) is 12.0 Å². The van der Waals surface area contributed by atoms with Crippen LogP contribution in [0.5, 0.6) is 0 Å². The molecule has 0 spiro atoms. The standard InChI is InChI=1S/C18H15F3O2/c1-23-17(22)18(9-11-6-14(20)8-15(21)7-11)10-16(18)12-2-4-13(19)5-3-12/h2-8,16H,9-10H2,1H3. The summed E-state index contributed by atoms with van der Waals surface area (Å²) in [6.07, 6.45) is 0.680. The normalized spacial score (nSPS) is 22.7. The SMILES string of the molecule is COC(=O)C1(Cc2cc(F)cc(F)c2)CC1c1ccc(F)cc1. The first-order chi connectivity index (χ1) is 10.9.